The SMILES string of the molecule is N#Cc1cc([N+](=O)[O-])ccc1N1CCN(c2cnn(-c3ccccc3)c(=O)c2Cl)CC1. The number of nitro benzene ring substituents is 1. The summed E-state index contributed by atoms with van der Waals surface area (Å²) >= 11 is 6.39. The summed E-state index contributed by atoms with van der Waals surface area (Å²) in [6, 6.07) is 15.4. The minimum atomic E-state index is -0.519. The Balaban J connectivity index is 1.53. The minimum absolute atomic E-state index is 0.0975. The van der Waals surface area contributed by atoms with E-state index in [1.807, 2.05) is 34.1 Å². The molecule has 156 valence electrons. The number of nitriles is 1. The van der Waals surface area contributed by atoms with Gasteiger partial charge in [0.25, 0.3) is 11.2 Å². The summed E-state index contributed by atoms with van der Waals surface area (Å²) in [6.07, 6.45) is 1.58. The van der Waals surface area contributed by atoms with Gasteiger partial charge in [-0.15, -0.1) is 0 Å². The fraction of sp³-hybridized carbons (Fsp3) is 0.190. The van der Waals surface area contributed by atoms with Crippen molar-refractivity contribution in [3.05, 3.63) is 85.8 Å². The van der Waals surface area contributed by atoms with Crippen LogP contribution in [0.5, 0.6) is 0 Å². The topological polar surface area (TPSA) is 108 Å². The third kappa shape index (κ3) is 3.93. The molecule has 0 atom stereocenters. The molecule has 2 aromatic carbocycles. The molecule has 0 amide bonds. The number of non-ortho nitro benzene ring substituents is 1. The van der Waals surface area contributed by atoms with Gasteiger partial charge in [0.05, 0.1) is 33.7 Å². The molecule has 0 unspecified atom stereocenters. The first-order valence-corrected chi connectivity index (χ1v) is 9.89. The highest BCUT2D eigenvalue weighted by atomic mass is 35.5. The zero-order valence-electron chi connectivity index (χ0n) is 16.3. The van der Waals surface area contributed by atoms with Crippen molar-refractivity contribution < 1.29 is 4.92 Å². The molecule has 31 heavy (non-hydrogen) atoms. The number of hydrogen-bond donors (Lipinski definition) is 0. The van der Waals surface area contributed by atoms with Crippen molar-refractivity contribution in [1.29, 1.82) is 5.26 Å². The Morgan fingerprint density at radius 3 is 2.29 bits per heavy atom. The van der Waals surface area contributed by atoms with Gasteiger partial charge in [0, 0.05) is 38.3 Å². The Morgan fingerprint density at radius 2 is 1.68 bits per heavy atom. The van der Waals surface area contributed by atoms with Crippen LogP contribution in [0.25, 0.3) is 5.69 Å². The van der Waals surface area contributed by atoms with Crippen molar-refractivity contribution >= 4 is 28.7 Å². The van der Waals surface area contributed by atoms with Gasteiger partial charge in [0.2, 0.25) is 0 Å². The second-order valence-electron chi connectivity index (χ2n) is 6.94. The Hall–Kier alpha value is -3.90. The molecule has 1 fully saturated rings. The van der Waals surface area contributed by atoms with Gasteiger partial charge in [0.1, 0.15) is 11.1 Å². The summed E-state index contributed by atoms with van der Waals surface area (Å²) < 4.78 is 1.26. The maximum atomic E-state index is 12.7. The number of aromatic nitrogens is 2. The van der Waals surface area contributed by atoms with Crippen molar-refractivity contribution in [3.63, 3.8) is 0 Å². The van der Waals surface area contributed by atoms with E-state index in [0.717, 1.165) is 0 Å². The second kappa shape index (κ2) is 8.45. The highest BCUT2D eigenvalue weighted by Crippen LogP contribution is 2.28. The highest BCUT2D eigenvalue weighted by Gasteiger charge is 2.24. The predicted octanol–water partition coefficient (Wildman–Crippen LogP) is 2.99. The van der Waals surface area contributed by atoms with Crippen LogP contribution in [0.1, 0.15) is 5.56 Å². The molecule has 3 aromatic rings. The van der Waals surface area contributed by atoms with Crippen molar-refractivity contribution in [2.75, 3.05) is 36.0 Å². The van der Waals surface area contributed by atoms with Gasteiger partial charge in [-0.1, -0.05) is 29.8 Å². The van der Waals surface area contributed by atoms with E-state index in [4.69, 9.17) is 11.6 Å². The third-order valence-electron chi connectivity index (χ3n) is 5.17. The lowest BCUT2D eigenvalue weighted by molar-refractivity contribution is -0.384. The van der Waals surface area contributed by atoms with Gasteiger partial charge < -0.3 is 9.80 Å². The molecule has 0 aliphatic carbocycles. The second-order valence-corrected chi connectivity index (χ2v) is 7.32. The molecule has 0 spiro atoms. The third-order valence-corrected chi connectivity index (χ3v) is 5.53. The Kier molecular flexibility index (Phi) is 5.56. The fourth-order valence-corrected chi connectivity index (χ4v) is 3.84. The molecule has 1 saturated heterocycles. The average Bonchev–Trinajstić information content (AvgIpc) is 2.81. The number of anilines is 2. The van der Waals surface area contributed by atoms with E-state index in [0.29, 0.717) is 43.2 Å². The van der Waals surface area contributed by atoms with E-state index >= 15 is 0 Å². The van der Waals surface area contributed by atoms with E-state index in [2.05, 4.69) is 5.10 Å². The number of halogens is 1. The first-order chi connectivity index (χ1) is 15.0. The quantitative estimate of drug-likeness (QED) is 0.456. The molecule has 1 aliphatic rings. The zero-order chi connectivity index (χ0) is 22.0. The van der Waals surface area contributed by atoms with E-state index in [9.17, 15) is 20.2 Å². The van der Waals surface area contributed by atoms with Gasteiger partial charge in [-0.25, -0.2) is 0 Å². The number of piperazine rings is 1. The summed E-state index contributed by atoms with van der Waals surface area (Å²) in [4.78, 5) is 27.1. The highest BCUT2D eigenvalue weighted by molar-refractivity contribution is 6.33. The molecule has 0 N–H and O–H groups in total. The lowest BCUT2D eigenvalue weighted by Gasteiger charge is -2.37. The lowest BCUT2D eigenvalue weighted by Crippen LogP contribution is -2.47. The smallest absolute Gasteiger partial charge is 0.292 e. The van der Waals surface area contributed by atoms with E-state index < -0.39 is 10.5 Å². The lowest BCUT2D eigenvalue weighted by atomic mass is 10.1. The number of benzene rings is 2. The molecular formula is C21H17ClN6O3. The normalized spacial score (nSPS) is 13.7. The summed E-state index contributed by atoms with van der Waals surface area (Å²) in [5.74, 6) is 0. The van der Waals surface area contributed by atoms with Crippen LogP contribution < -0.4 is 15.4 Å². The summed E-state index contributed by atoms with van der Waals surface area (Å²) in [5, 5.41) is 24.7. The molecule has 2 heterocycles. The van der Waals surface area contributed by atoms with Crippen LogP contribution in [0.15, 0.2) is 59.5 Å². The molecule has 1 aromatic heterocycles. The van der Waals surface area contributed by atoms with Gasteiger partial charge in [-0.05, 0) is 18.2 Å². The predicted molar refractivity (Wildman–Crippen MR) is 117 cm³/mol. The first-order valence-electron chi connectivity index (χ1n) is 9.51. The van der Waals surface area contributed by atoms with Crippen LogP contribution in [-0.2, 0) is 0 Å². The summed E-state index contributed by atoms with van der Waals surface area (Å²) in [6.45, 7) is 2.23. The van der Waals surface area contributed by atoms with E-state index in [1.54, 1.807) is 24.4 Å². The van der Waals surface area contributed by atoms with Gasteiger partial charge in [-0.2, -0.15) is 15.0 Å². The fourth-order valence-electron chi connectivity index (χ4n) is 3.59. The maximum Gasteiger partial charge on any atom is 0.292 e. The Labute approximate surface area is 182 Å². The maximum absolute atomic E-state index is 12.7. The molecule has 9 nitrogen and oxygen atoms in total. The van der Waals surface area contributed by atoms with Gasteiger partial charge >= 0.3 is 0 Å². The summed E-state index contributed by atoms with van der Waals surface area (Å²) in [5.41, 5.74) is 1.59. The van der Waals surface area contributed by atoms with E-state index in [1.165, 1.54) is 16.8 Å². The van der Waals surface area contributed by atoms with Crippen LogP contribution >= 0.6 is 11.6 Å². The molecule has 0 radical (unpaired) electrons. The Morgan fingerprint density at radius 1 is 1.03 bits per heavy atom. The minimum Gasteiger partial charge on any atom is -0.367 e. The standard InChI is InChI=1S/C21H17ClN6O3/c22-20-19(14-24-27(21(20)29)16-4-2-1-3-5-16)26-10-8-25(9-11-26)18-7-6-17(28(30)31)12-15(18)13-23/h1-7,12,14H,8-11H2. The number of para-hydroxylation sites is 1. The van der Waals surface area contributed by atoms with Crippen LogP contribution in [0.2, 0.25) is 5.02 Å². The van der Waals surface area contributed by atoms with Crippen LogP contribution in [0, 0.1) is 21.4 Å². The number of hydrogen-bond acceptors (Lipinski definition) is 7. The van der Waals surface area contributed by atoms with Crippen molar-refractivity contribution in [2.45, 2.75) is 0 Å². The number of nitrogens with zero attached hydrogens (tertiary/aromatic N) is 6. The van der Waals surface area contributed by atoms with Gasteiger partial charge in [-0.3, -0.25) is 14.9 Å². The van der Waals surface area contributed by atoms with Crippen LogP contribution in [0.3, 0.4) is 0 Å². The molecule has 0 bridgehead atoms. The molecule has 0 saturated carbocycles. The molecular weight excluding hydrogens is 420 g/mol. The van der Waals surface area contributed by atoms with Gasteiger partial charge in [0.15, 0.2) is 0 Å². The van der Waals surface area contributed by atoms with Crippen molar-refractivity contribution in [3.8, 4) is 11.8 Å². The average molecular weight is 437 g/mol. The summed E-state index contributed by atoms with van der Waals surface area (Å²) in [7, 11) is 0. The van der Waals surface area contributed by atoms with E-state index in [-0.39, 0.29) is 16.3 Å². The van der Waals surface area contributed by atoms with Crippen LogP contribution in [0.4, 0.5) is 17.1 Å². The first kappa shape index (κ1) is 20.4. The van der Waals surface area contributed by atoms with Crippen LogP contribution in [-0.4, -0.2) is 40.9 Å². The van der Waals surface area contributed by atoms with Crippen molar-refractivity contribution in [2.24, 2.45) is 0 Å². The number of nitro groups is 1. The zero-order valence-corrected chi connectivity index (χ0v) is 17.1. The molecule has 4 rings (SSSR count). The number of rotatable bonds is 4. The largest absolute Gasteiger partial charge is 0.367 e. The molecule has 1 aliphatic heterocycles. The van der Waals surface area contributed by atoms with Crippen molar-refractivity contribution in [1.82, 2.24) is 9.78 Å². The Bertz CT molecular complexity index is 1230. The monoisotopic (exact) mass is 436 g/mol. The molecule has 10 heteroatoms.